The number of rotatable bonds is 3. The maximum absolute atomic E-state index is 12.4. The van der Waals surface area contributed by atoms with Gasteiger partial charge in [-0.3, -0.25) is 9.89 Å². The van der Waals surface area contributed by atoms with Crippen molar-refractivity contribution < 1.29 is 4.79 Å². The van der Waals surface area contributed by atoms with Gasteiger partial charge in [-0.05, 0) is 37.0 Å². The molecule has 1 fully saturated rings. The molecule has 0 saturated heterocycles. The number of H-pyrrole nitrogens is 1. The van der Waals surface area contributed by atoms with Crippen LogP contribution >= 0.6 is 0 Å². The topological polar surface area (TPSA) is 61.9 Å². The third-order valence-electron chi connectivity index (χ3n) is 4.53. The highest BCUT2D eigenvalue weighted by Gasteiger charge is 2.33. The van der Waals surface area contributed by atoms with E-state index in [1.807, 2.05) is 7.05 Å². The monoisotopic (exact) mass is 278 g/mol. The van der Waals surface area contributed by atoms with Crippen LogP contribution in [0.3, 0.4) is 0 Å². The molecule has 1 N–H and O–H groups in total. The quantitative estimate of drug-likeness (QED) is 0.924. The van der Waals surface area contributed by atoms with Crippen molar-refractivity contribution in [1.29, 1.82) is 0 Å². The fourth-order valence-electron chi connectivity index (χ4n) is 3.13. The molecule has 20 heavy (non-hydrogen) atoms. The van der Waals surface area contributed by atoms with Crippen LogP contribution in [0.5, 0.6) is 0 Å². The van der Waals surface area contributed by atoms with E-state index in [2.05, 4.69) is 36.0 Å². The molecule has 5 nitrogen and oxygen atoms in total. The van der Waals surface area contributed by atoms with Gasteiger partial charge in [-0.1, -0.05) is 20.8 Å². The summed E-state index contributed by atoms with van der Waals surface area (Å²) in [6, 6.07) is 0. The maximum Gasteiger partial charge on any atom is 0.225 e. The van der Waals surface area contributed by atoms with Gasteiger partial charge >= 0.3 is 0 Å². The minimum Gasteiger partial charge on any atom is -0.338 e. The van der Waals surface area contributed by atoms with Crippen LogP contribution in [0, 0.1) is 17.3 Å². The van der Waals surface area contributed by atoms with Gasteiger partial charge in [0, 0.05) is 13.0 Å². The molecule has 1 heterocycles. The summed E-state index contributed by atoms with van der Waals surface area (Å²) in [7, 11) is 1.85. The van der Waals surface area contributed by atoms with E-state index < -0.39 is 0 Å². The maximum atomic E-state index is 12.4. The van der Waals surface area contributed by atoms with Crippen molar-refractivity contribution >= 4 is 5.91 Å². The van der Waals surface area contributed by atoms with Gasteiger partial charge in [0.25, 0.3) is 0 Å². The summed E-state index contributed by atoms with van der Waals surface area (Å²) in [6.45, 7) is 7.42. The molecule has 5 heteroatoms. The molecular weight excluding hydrogens is 252 g/mol. The Kier molecular flexibility index (Phi) is 4.45. The molecule has 0 bridgehead atoms. The zero-order valence-corrected chi connectivity index (χ0v) is 13.0. The van der Waals surface area contributed by atoms with Crippen LogP contribution in [-0.4, -0.2) is 33.0 Å². The molecule has 2 rings (SSSR count). The summed E-state index contributed by atoms with van der Waals surface area (Å²) in [4.78, 5) is 18.3. The second-order valence-corrected chi connectivity index (χ2v) is 7.04. The normalized spacial score (nSPS) is 23.6. The Hall–Kier alpha value is -1.39. The Morgan fingerprint density at radius 2 is 2.00 bits per heavy atom. The molecule has 1 aromatic heterocycles. The summed E-state index contributed by atoms with van der Waals surface area (Å²) < 4.78 is 0. The number of nitrogens with one attached hydrogen (secondary N) is 1. The Morgan fingerprint density at radius 1 is 1.35 bits per heavy atom. The van der Waals surface area contributed by atoms with E-state index in [9.17, 15) is 4.79 Å². The molecule has 0 spiro atoms. The van der Waals surface area contributed by atoms with E-state index in [0.29, 0.717) is 12.0 Å². The molecule has 112 valence electrons. The molecule has 0 aliphatic heterocycles. The molecule has 1 aromatic rings. The van der Waals surface area contributed by atoms with Crippen LogP contribution in [0.4, 0.5) is 0 Å². The first kappa shape index (κ1) is 15.0. The minimum atomic E-state index is 0.182. The van der Waals surface area contributed by atoms with E-state index >= 15 is 0 Å². The Labute approximate surface area is 121 Å². The van der Waals surface area contributed by atoms with Gasteiger partial charge in [0.05, 0.1) is 6.54 Å². The predicted molar refractivity (Wildman–Crippen MR) is 77.8 cm³/mol. The minimum absolute atomic E-state index is 0.182. The zero-order chi connectivity index (χ0) is 14.8. The van der Waals surface area contributed by atoms with Gasteiger partial charge in [-0.2, -0.15) is 5.10 Å². The molecule has 0 radical (unpaired) electrons. The van der Waals surface area contributed by atoms with Crippen molar-refractivity contribution in [2.75, 3.05) is 7.05 Å². The lowest BCUT2D eigenvalue weighted by Crippen LogP contribution is -2.36. The number of aromatic amines is 1. The van der Waals surface area contributed by atoms with E-state index in [4.69, 9.17) is 0 Å². The van der Waals surface area contributed by atoms with Crippen LogP contribution in [0.25, 0.3) is 0 Å². The van der Waals surface area contributed by atoms with E-state index in [1.165, 1.54) is 6.33 Å². The van der Waals surface area contributed by atoms with Gasteiger partial charge < -0.3 is 4.90 Å². The number of carbonyl (C=O) groups is 1. The zero-order valence-electron chi connectivity index (χ0n) is 13.0. The first-order chi connectivity index (χ1) is 9.38. The van der Waals surface area contributed by atoms with Gasteiger partial charge in [-0.15, -0.1) is 0 Å². The van der Waals surface area contributed by atoms with Crippen molar-refractivity contribution in [3.8, 4) is 0 Å². The van der Waals surface area contributed by atoms with Crippen LogP contribution in [0.2, 0.25) is 0 Å². The van der Waals surface area contributed by atoms with Crippen LogP contribution < -0.4 is 0 Å². The van der Waals surface area contributed by atoms with Gasteiger partial charge in [-0.25, -0.2) is 4.98 Å². The van der Waals surface area contributed by atoms with Crippen LogP contribution in [-0.2, 0) is 11.3 Å². The predicted octanol–water partition coefficient (Wildman–Crippen LogP) is 2.62. The molecule has 1 aliphatic rings. The van der Waals surface area contributed by atoms with E-state index in [1.54, 1.807) is 4.90 Å². The third-order valence-corrected chi connectivity index (χ3v) is 4.53. The lowest BCUT2D eigenvalue weighted by molar-refractivity contribution is -0.136. The van der Waals surface area contributed by atoms with Crippen LogP contribution in [0.1, 0.15) is 52.3 Å². The largest absolute Gasteiger partial charge is 0.338 e. The highest BCUT2D eigenvalue weighted by Crippen LogP contribution is 2.40. The fraction of sp³-hybridized carbons (Fsp3) is 0.800. The summed E-state index contributed by atoms with van der Waals surface area (Å²) in [5.74, 6) is 1.91. The first-order valence-corrected chi connectivity index (χ1v) is 7.47. The number of nitrogens with zero attached hydrogens (tertiary/aromatic N) is 3. The molecule has 0 atom stereocenters. The Balaban J connectivity index is 1.85. The lowest BCUT2D eigenvalue weighted by atomic mass is 9.69. The van der Waals surface area contributed by atoms with E-state index in [0.717, 1.165) is 37.4 Å². The van der Waals surface area contributed by atoms with E-state index in [-0.39, 0.29) is 11.8 Å². The number of carbonyl (C=O) groups excluding carboxylic acids is 1. The number of hydrogen-bond donors (Lipinski definition) is 1. The van der Waals surface area contributed by atoms with Crippen molar-refractivity contribution in [3.63, 3.8) is 0 Å². The molecule has 1 amide bonds. The molecule has 0 aromatic carbocycles. The van der Waals surface area contributed by atoms with Crippen molar-refractivity contribution in [3.05, 3.63) is 12.2 Å². The Bertz CT molecular complexity index is 427. The average Bonchev–Trinajstić information content (AvgIpc) is 2.90. The number of amides is 1. The van der Waals surface area contributed by atoms with Gasteiger partial charge in [0.1, 0.15) is 12.2 Å². The standard InChI is InChI=1S/C15H26N4O/c1-15(2,3)12-7-5-11(6-8-12)14(20)19(4)9-13-16-10-17-18-13/h10-12H,5-9H2,1-4H3,(H,16,17,18). The third kappa shape index (κ3) is 3.58. The highest BCUT2D eigenvalue weighted by atomic mass is 16.2. The van der Waals surface area contributed by atoms with Gasteiger partial charge in [0.15, 0.2) is 0 Å². The molecule has 0 unspecified atom stereocenters. The second kappa shape index (κ2) is 5.94. The fourth-order valence-corrected chi connectivity index (χ4v) is 3.13. The summed E-state index contributed by atoms with van der Waals surface area (Å²) in [6.07, 6.45) is 5.83. The van der Waals surface area contributed by atoms with Crippen molar-refractivity contribution in [2.45, 2.75) is 53.0 Å². The number of aromatic nitrogens is 3. The summed E-state index contributed by atoms with van der Waals surface area (Å²) in [5.41, 5.74) is 0.361. The highest BCUT2D eigenvalue weighted by molar-refractivity contribution is 5.78. The number of hydrogen-bond acceptors (Lipinski definition) is 3. The summed E-state index contributed by atoms with van der Waals surface area (Å²) >= 11 is 0. The smallest absolute Gasteiger partial charge is 0.225 e. The Morgan fingerprint density at radius 3 is 2.50 bits per heavy atom. The van der Waals surface area contributed by atoms with Crippen molar-refractivity contribution in [2.24, 2.45) is 17.3 Å². The van der Waals surface area contributed by atoms with Crippen LogP contribution in [0.15, 0.2) is 6.33 Å². The average molecular weight is 278 g/mol. The van der Waals surface area contributed by atoms with Crippen molar-refractivity contribution in [1.82, 2.24) is 20.1 Å². The molecule has 1 saturated carbocycles. The first-order valence-electron chi connectivity index (χ1n) is 7.47. The molecular formula is C15H26N4O. The second-order valence-electron chi connectivity index (χ2n) is 7.04. The lowest BCUT2D eigenvalue weighted by Gasteiger charge is -2.37. The SMILES string of the molecule is CN(Cc1ncn[nH]1)C(=O)C1CCC(C(C)(C)C)CC1. The molecule has 1 aliphatic carbocycles. The summed E-state index contributed by atoms with van der Waals surface area (Å²) in [5, 5.41) is 6.61. The van der Waals surface area contributed by atoms with Gasteiger partial charge in [0.2, 0.25) is 5.91 Å².